The van der Waals surface area contributed by atoms with E-state index in [1.807, 2.05) is 6.07 Å². The fraction of sp³-hybridized carbons (Fsp3) is 0.925. The van der Waals surface area contributed by atoms with Gasteiger partial charge in [0.15, 0.2) is 16.6 Å². The molecule has 18 nitrogen and oxygen atoms in total. The van der Waals surface area contributed by atoms with Gasteiger partial charge in [-0.15, -0.1) is 0 Å². The molecule has 1 aromatic carbocycles. The molecule has 14 heterocycles. The van der Waals surface area contributed by atoms with Crippen molar-refractivity contribution < 1.29 is 84.3 Å². The summed E-state index contributed by atoms with van der Waals surface area (Å²) in [7, 11) is -6.79. The Morgan fingerprint density at radius 3 is 1.30 bits per heavy atom. The van der Waals surface area contributed by atoms with Crippen LogP contribution in [0.1, 0.15) is 219 Å². The summed E-state index contributed by atoms with van der Waals surface area (Å²) >= 11 is 0. The van der Waals surface area contributed by atoms with Crippen LogP contribution in [0.4, 0.5) is 0 Å². The highest BCUT2D eigenvalue weighted by molar-refractivity contribution is 6.77. The number of rotatable bonds is 14. The molecule has 0 unspecified atom stereocenters. The van der Waals surface area contributed by atoms with Crippen LogP contribution in [0.3, 0.4) is 0 Å². The summed E-state index contributed by atoms with van der Waals surface area (Å²) in [4.78, 5) is 0. The largest absolute Gasteiger partial charge is 0.411 e. The Kier molecular flexibility index (Phi) is 21.5. The Morgan fingerprint density at radius 1 is 0.406 bits per heavy atom. The van der Waals surface area contributed by atoms with Crippen LogP contribution in [0.25, 0.3) is 0 Å². The Labute approximate surface area is 609 Å². The van der Waals surface area contributed by atoms with Gasteiger partial charge in [0, 0.05) is 83.7 Å². The predicted octanol–water partition coefficient (Wildman–Crippen LogP) is 14.7. The number of benzene rings is 1. The molecule has 15 rings (SSSR count). The van der Waals surface area contributed by atoms with Crippen molar-refractivity contribution in [3.05, 3.63) is 35.9 Å². The van der Waals surface area contributed by atoms with Crippen molar-refractivity contribution in [1.82, 2.24) is 0 Å². The Bertz CT molecular complexity index is 2950. The van der Waals surface area contributed by atoms with E-state index >= 15 is 0 Å². The van der Waals surface area contributed by atoms with Gasteiger partial charge in [-0.2, -0.15) is 0 Å². The van der Waals surface area contributed by atoms with E-state index in [-0.39, 0.29) is 187 Å². The van der Waals surface area contributed by atoms with Gasteiger partial charge in [0.1, 0.15) is 12.2 Å². The second-order valence-electron chi connectivity index (χ2n) is 38.6. The Balaban J connectivity index is 0.612. The van der Waals surface area contributed by atoms with Crippen LogP contribution in [0.5, 0.6) is 0 Å². The molecule has 0 saturated carbocycles. The molecule has 0 aromatic heterocycles. The van der Waals surface area contributed by atoms with Crippen LogP contribution < -0.4 is 0 Å². The topological polar surface area (TPSA) is 166 Å². The van der Waals surface area contributed by atoms with Crippen molar-refractivity contribution in [2.24, 2.45) is 0 Å². The van der Waals surface area contributed by atoms with Crippen molar-refractivity contribution in [1.29, 1.82) is 0 Å². The molecule has 101 heavy (non-hydrogen) atoms. The highest BCUT2D eigenvalue weighted by atomic mass is 28.4. The smallest absolute Gasteiger partial charge is 0.200 e. The molecule has 14 aliphatic heterocycles. The normalized spacial score (nSPS) is 47.1. The predicted molar refractivity (Wildman–Crippen MR) is 391 cm³/mol. The molecule has 31 atom stereocenters. The van der Waals surface area contributed by atoms with Gasteiger partial charge in [0.2, 0.25) is 8.32 Å². The third kappa shape index (κ3) is 14.8. The Morgan fingerprint density at radius 2 is 0.782 bits per heavy atom. The second kappa shape index (κ2) is 28.8. The van der Waals surface area contributed by atoms with E-state index in [4.69, 9.17) is 84.3 Å². The molecular weight excluding hydrogens is 1330 g/mol. The first kappa shape index (κ1) is 75.6. The zero-order valence-electron chi connectivity index (χ0n) is 65.1. The summed E-state index contributed by atoms with van der Waals surface area (Å²) in [6.07, 6.45) is 9.39. The summed E-state index contributed by atoms with van der Waals surface area (Å²) in [5, 5.41) is 0.115. The number of ether oxygens (including phenoxy) is 15. The van der Waals surface area contributed by atoms with Crippen LogP contribution in [0.2, 0.25) is 52.9 Å². The molecule has 14 fully saturated rings. The summed E-state index contributed by atoms with van der Waals surface area (Å²) < 4.78 is 131. The number of hydrogen-bond acceptors (Lipinski definition) is 18. The first-order chi connectivity index (χ1) is 47.7. The van der Waals surface area contributed by atoms with E-state index < -0.39 is 36.2 Å². The lowest BCUT2D eigenvalue weighted by molar-refractivity contribution is -0.329. The van der Waals surface area contributed by atoms with Crippen molar-refractivity contribution >= 4 is 25.0 Å². The average molecular weight is 1470 g/mol. The maximum Gasteiger partial charge on any atom is 0.200 e. The monoisotopic (exact) mass is 1460 g/mol. The molecule has 14 aliphatic rings. The lowest BCUT2D eigenvalue weighted by Gasteiger charge is -2.56. The minimum atomic E-state index is -2.48. The summed E-state index contributed by atoms with van der Waals surface area (Å²) in [6.45, 7) is 45.6. The van der Waals surface area contributed by atoms with Crippen LogP contribution in [-0.4, -0.2) is 220 Å². The highest BCUT2D eigenvalue weighted by Gasteiger charge is 2.64. The van der Waals surface area contributed by atoms with Crippen molar-refractivity contribution in [3.8, 4) is 0 Å². The first-order valence-electron chi connectivity index (χ1n) is 40.6. The van der Waals surface area contributed by atoms with Crippen LogP contribution in [0.15, 0.2) is 30.3 Å². The minimum absolute atomic E-state index is 0.00430. The maximum absolute atomic E-state index is 8.05. The molecule has 14 saturated heterocycles. The molecule has 0 bridgehead atoms. The van der Waals surface area contributed by atoms with Crippen molar-refractivity contribution in [2.45, 2.75) is 461 Å². The molecule has 0 aliphatic carbocycles. The lowest BCUT2D eigenvalue weighted by atomic mass is 9.80. The molecule has 0 amide bonds. The van der Waals surface area contributed by atoms with E-state index in [9.17, 15) is 0 Å². The molecule has 0 spiro atoms. The summed E-state index contributed by atoms with van der Waals surface area (Å²) in [5.74, 6) is 0. The van der Waals surface area contributed by atoms with Gasteiger partial charge < -0.3 is 84.3 Å². The highest BCUT2D eigenvalue weighted by Crippen LogP contribution is 2.55. The quantitative estimate of drug-likeness (QED) is 0.127. The van der Waals surface area contributed by atoms with Gasteiger partial charge in [-0.25, -0.2) is 0 Å². The maximum atomic E-state index is 8.05. The standard InChI is InChI=1S/C80H132O18Si3/c1-44(2)101(45(3)4,46(5)6)98-70-40-62-61(37-67-75(92-62)69(97-100(18,19)78(11,12)13)39-55-53(87-67)31-49(83-55)29-30-81-43-48-23-21-20-22-24-48)88-68-38-64-72(93-76(68)70)42-80(15)74(91-64)28-26-51-66(95-80)36-60-57(85-51)33-59-58(86-60)34-63-71(89-59)41-79(14)73(90-63)27-25-50-65(94-79)35-54-56(84-50)32-52(47(7)82-54)96-99(16,17)77(8,9)10/h20-24,44-47,49-76H,25-43H2,1-19H3/t47-,49+,50+,51+,52+,53+,54+,55-,56-,57-,58-,59+,60+,61+,62-,63+,64+,65-,66-,67-,68-,69+,70+,71-,72-,73-,74-,75-,76-,79+,80+/m1/s1. The van der Waals surface area contributed by atoms with Gasteiger partial charge >= 0.3 is 0 Å². The average Bonchev–Trinajstić information content (AvgIpc) is 1.71. The van der Waals surface area contributed by atoms with E-state index in [0.29, 0.717) is 55.5 Å². The SMILES string of the molecule is CC(C)[Si](O[C@H]1C[C@H]2O[C@H]3[C@@H](O[Si](C)(C)C(C)(C)C)C[C@H]4O[C@@H](CCOCc5ccccc5)C[C@@H]4O[C@@H]3C[C@@H]2O[C@@H]2C[C@@H]3O[C@@H]4CC[C@@H]5O[C@@H]6C[C@@H]7O[C@@H]8C[C@]9(C)O[C@@H]%10C[C@@H]%11O[C@H](C)[C@@H](O[Si](C)(C)C(C)(C)C)C[C@H]%11O[C@H]%10CC[C@H]9O[C@H]8C[C@H]7O[C@H]6C[C@H]5O[C@@]4(C)C[C@H]3O[C@@H]12)(C(C)C)C(C)C. The molecule has 0 radical (unpaired) electrons. The zero-order valence-corrected chi connectivity index (χ0v) is 68.1. The van der Waals surface area contributed by atoms with E-state index in [0.717, 1.165) is 83.5 Å². The second-order valence-corrected chi connectivity index (χ2v) is 53.5. The minimum Gasteiger partial charge on any atom is -0.411 e. The van der Waals surface area contributed by atoms with Gasteiger partial charge in [-0.1, -0.05) is 113 Å². The third-order valence-corrected chi connectivity index (χ3v) is 43.8. The molecular formula is C80H132O18Si3. The summed E-state index contributed by atoms with van der Waals surface area (Å²) in [6, 6.07) is 10.4. The van der Waals surface area contributed by atoms with Gasteiger partial charge in [0.05, 0.1) is 183 Å². The van der Waals surface area contributed by atoms with Crippen LogP contribution in [-0.2, 0) is 90.9 Å². The fourth-order valence-electron chi connectivity index (χ4n) is 21.3. The molecule has 1 aromatic rings. The molecule has 572 valence electrons. The molecule has 21 heteroatoms. The van der Waals surface area contributed by atoms with E-state index in [1.165, 1.54) is 5.56 Å². The van der Waals surface area contributed by atoms with Crippen molar-refractivity contribution in [3.63, 3.8) is 0 Å². The Hall–Kier alpha value is -0.849. The van der Waals surface area contributed by atoms with Gasteiger partial charge in [-0.3, -0.25) is 0 Å². The number of fused-ring (bicyclic) bond motifs is 13. The third-order valence-electron chi connectivity index (χ3n) is 28.7. The van der Waals surface area contributed by atoms with Crippen LogP contribution in [0, 0.1) is 0 Å². The summed E-state index contributed by atoms with van der Waals surface area (Å²) in [5.41, 5.74) is 1.16. The van der Waals surface area contributed by atoms with Gasteiger partial charge in [0.25, 0.3) is 0 Å². The lowest BCUT2D eigenvalue weighted by Crippen LogP contribution is -2.65. The first-order valence-corrected chi connectivity index (χ1v) is 48.5. The van der Waals surface area contributed by atoms with E-state index in [1.54, 1.807) is 0 Å². The van der Waals surface area contributed by atoms with Crippen molar-refractivity contribution in [2.75, 3.05) is 6.61 Å². The van der Waals surface area contributed by atoms with Gasteiger partial charge in [-0.05, 0) is 111 Å². The zero-order chi connectivity index (χ0) is 71.3. The van der Waals surface area contributed by atoms with Crippen LogP contribution >= 0.6 is 0 Å². The number of hydrogen-bond donors (Lipinski definition) is 0. The fourth-order valence-corrected chi connectivity index (χ4v) is 29.6. The van der Waals surface area contributed by atoms with E-state index in [2.05, 4.69) is 154 Å². The molecule has 0 N–H and O–H groups in total.